The van der Waals surface area contributed by atoms with Gasteiger partial charge in [0.15, 0.2) is 5.52 Å². The minimum atomic E-state index is -0.163. The molecule has 0 atom stereocenters. The van der Waals surface area contributed by atoms with Crippen LogP contribution in [0.3, 0.4) is 0 Å². The highest BCUT2D eigenvalue weighted by molar-refractivity contribution is 5.81. The van der Waals surface area contributed by atoms with Gasteiger partial charge < -0.3 is 19.5 Å². The van der Waals surface area contributed by atoms with Gasteiger partial charge in [-0.1, -0.05) is 13.3 Å². The summed E-state index contributed by atoms with van der Waals surface area (Å²) in [4.78, 5) is 25.5. The number of likely N-dealkylation sites (N-methyl/N-ethyl adjacent to an activating group) is 1. The van der Waals surface area contributed by atoms with E-state index in [-0.39, 0.29) is 5.56 Å². The van der Waals surface area contributed by atoms with Crippen molar-refractivity contribution in [2.45, 2.75) is 26.2 Å². The van der Waals surface area contributed by atoms with Crippen LogP contribution in [0.4, 0.5) is 5.69 Å². The molecule has 3 aromatic rings. The second-order valence-corrected chi connectivity index (χ2v) is 8.30. The fourth-order valence-corrected chi connectivity index (χ4v) is 4.49. The van der Waals surface area contributed by atoms with Crippen LogP contribution < -0.4 is 15.2 Å². The largest absolute Gasteiger partial charge is 0.492 e. The fraction of sp³-hybridized carbons (Fsp3) is 0.500. The first kappa shape index (κ1) is 19.1. The lowest BCUT2D eigenvalue weighted by Crippen LogP contribution is -2.44. The molecule has 1 fully saturated rings. The van der Waals surface area contributed by atoms with Crippen LogP contribution in [0.2, 0.25) is 0 Å². The number of anilines is 1. The van der Waals surface area contributed by atoms with Gasteiger partial charge in [0.1, 0.15) is 17.1 Å². The van der Waals surface area contributed by atoms with Crippen molar-refractivity contribution in [3.05, 3.63) is 33.7 Å². The van der Waals surface area contributed by atoms with Gasteiger partial charge in [-0.2, -0.15) is 5.10 Å². The van der Waals surface area contributed by atoms with Gasteiger partial charge in [0.25, 0.3) is 5.56 Å². The summed E-state index contributed by atoms with van der Waals surface area (Å²) in [6, 6.07) is 4.36. The van der Waals surface area contributed by atoms with Crippen LogP contribution in [0.15, 0.2) is 16.9 Å². The van der Waals surface area contributed by atoms with Crippen LogP contribution in [0, 0.1) is 0 Å². The predicted octanol–water partition coefficient (Wildman–Crippen LogP) is 1.96. The summed E-state index contributed by atoms with van der Waals surface area (Å²) in [5, 5.41) is 4.54. The zero-order chi connectivity index (χ0) is 20.8. The van der Waals surface area contributed by atoms with E-state index >= 15 is 0 Å². The van der Waals surface area contributed by atoms with E-state index in [4.69, 9.17) is 9.72 Å². The normalized spacial score (nSPS) is 16.8. The van der Waals surface area contributed by atoms with Crippen molar-refractivity contribution in [2.24, 2.45) is 7.05 Å². The maximum atomic E-state index is 12.9. The van der Waals surface area contributed by atoms with Crippen molar-refractivity contribution in [2.75, 3.05) is 44.7 Å². The number of H-pyrrole nitrogens is 1. The summed E-state index contributed by atoms with van der Waals surface area (Å²) in [5.41, 5.74) is 5.14. The Morgan fingerprint density at radius 1 is 1.17 bits per heavy atom. The van der Waals surface area contributed by atoms with Crippen LogP contribution in [0.5, 0.6) is 5.75 Å². The molecule has 30 heavy (non-hydrogen) atoms. The smallest absolute Gasteiger partial charge is 0.277 e. The minimum absolute atomic E-state index is 0.163. The number of aromatic amines is 1. The molecule has 8 nitrogen and oxygen atoms in total. The molecule has 0 spiro atoms. The van der Waals surface area contributed by atoms with Gasteiger partial charge in [0.05, 0.1) is 17.9 Å². The molecular weight excluding hydrogens is 380 g/mol. The summed E-state index contributed by atoms with van der Waals surface area (Å²) in [6.45, 7) is 6.83. The molecule has 0 unspecified atom stereocenters. The molecule has 1 saturated heterocycles. The molecule has 5 rings (SSSR count). The lowest BCUT2D eigenvalue weighted by molar-refractivity contribution is 0.313. The van der Waals surface area contributed by atoms with Crippen LogP contribution in [-0.2, 0) is 19.9 Å². The summed E-state index contributed by atoms with van der Waals surface area (Å²) in [7, 11) is 3.96. The number of aromatic nitrogens is 4. The average Bonchev–Trinajstić information content (AvgIpc) is 3.33. The van der Waals surface area contributed by atoms with Crippen molar-refractivity contribution in [3.63, 3.8) is 0 Å². The zero-order valence-corrected chi connectivity index (χ0v) is 17.9. The van der Waals surface area contributed by atoms with Crippen LogP contribution in [0.1, 0.15) is 24.6 Å². The maximum absolute atomic E-state index is 12.9. The van der Waals surface area contributed by atoms with E-state index in [0.29, 0.717) is 23.5 Å². The molecule has 0 bridgehead atoms. The van der Waals surface area contributed by atoms with Crippen LogP contribution in [0.25, 0.3) is 22.4 Å². The monoisotopic (exact) mass is 408 g/mol. The quantitative estimate of drug-likeness (QED) is 0.711. The number of nitrogens with one attached hydrogen (secondary N) is 1. The van der Waals surface area contributed by atoms with Gasteiger partial charge in [-0.25, -0.2) is 4.98 Å². The number of aryl methyl sites for hydroxylation is 2. The number of fused-ring (bicyclic) bond motifs is 2. The first-order valence-corrected chi connectivity index (χ1v) is 10.7. The highest BCUT2D eigenvalue weighted by Gasteiger charge is 2.25. The van der Waals surface area contributed by atoms with Crippen molar-refractivity contribution >= 4 is 16.7 Å². The highest BCUT2D eigenvalue weighted by atomic mass is 16.5. The molecule has 2 aromatic heterocycles. The summed E-state index contributed by atoms with van der Waals surface area (Å²) in [5.74, 6) is 1.41. The van der Waals surface area contributed by atoms with Gasteiger partial charge in [0, 0.05) is 50.9 Å². The molecule has 0 radical (unpaired) electrons. The Bertz CT molecular complexity index is 1160. The standard InChI is InChI=1S/C22H28N6O2/c1-4-5-17-18-19(27(3)25-17)22(29)24-21(23-18)16-13-15(12-14-6-11-30-20(14)16)28-9-7-26(2)8-10-28/h12-13H,4-11H2,1-3H3,(H,23,24,29). The predicted molar refractivity (Wildman–Crippen MR) is 117 cm³/mol. The molecule has 0 amide bonds. The van der Waals surface area contributed by atoms with E-state index < -0.39 is 0 Å². The van der Waals surface area contributed by atoms with Crippen molar-refractivity contribution < 1.29 is 4.74 Å². The number of rotatable bonds is 4. The fourth-order valence-electron chi connectivity index (χ4n) is 4.49. The van der Waals surface area contributed by atoms with Gasteiger partial charge >= 0.3 is 0 Å². The average molecular weight is 409 g/mol. The molecule has 0 aliphatic carbocycles. The third-order valence-corrected chi connectivity index (χ3v) is 6.14. The van der Waals surface area contributed by atoms with E-state index in [1.54, 1.807) is 11.7 Å². The zero-order valence-electron chi connectivity index (χ0n) is 17.9. The second-order valence-electron chi connectivity index (χ2n) is 8.30. The van der Waals surface area contributed by atoms with E-state index in [2.05, 4.69) is 46.0 Å². The van der Waals surface area contributed by atoms with E-state index in [1.165, 1.54) is 11.3 Å². The van der Waals surface area contributed by atoms with Gasteiger partial charge in [-0.15, -0.1) is 0 Å². The van der Waals surface area contributed by atoms with Gasteiger partial charge in [-0.3, -0.25) is 9.48 Å². The lowest BCUT2D eigenvalue weighted by atomic mass is 10.0. The Morgan fingerprint density at radius 3 is 2.73 bits per heavy atom. The lowest BCUT2D eigenvalue weighted by Gasteiger charge is -2.34. The number of piperazine rings is 1. The summed E-state index contributed by atoms with van der Waals surface area (Å²) < 4.78 is 7.61. The molecule has 8 heteroatoms. The van der Waals surface area contributed by atoms with E-state index in [0.717, 1.165) is 62.4 Å². The third-order valence-electron chi connectivity index (χ3n) is 6.14. The molecular formula is C22H28N6O2. The number of hydrogen-bond acceptors (Lipinski definition) is 6. The first-order chi connectivity index (χ1) is 14.5. The Morgan fingerprint density at radius 2 is 1.97 bits per heavy atom. The van der Waals surface area contributed by atoms with Crippen LogP contribution >= 0.6 is 0 Å². The molecule has 1 N–H and O–H groups in total. The molecule has 2 aliphatic heterocycles. The first-order valence-electron chi connectivity index (χ1n) is 10.7. The highest BCUT2D eigenvalue weighted by Crippen LogP contribution is 2.39. The number of nitrogens with zero attached hydrogens (tertiary/aromatic N) is 5. The second kappa shape index (κ2) is 7.43. The van der Waals surface area contributed by atoms with Crippen LogP contribution in [-0.4, -0.2) is 64.5 Å². The van der Waals surface area contributed by atoms with E-state index in [1.807, 2.05) is 0 Å². The molecule has 0 saturated carbocycles. The topological polar surface area (TPSA) is 79.3 Å². The summed E-state index contributed by atoms with van der Waals surface area (Å²) >= 11 is 0. The van der Waals surface area contributed by atoms with Crippen molar-refractivity contribution in [1.82, 2.24) is 24.6 Å². The van der Waals surface area contributed by atoms with Crippen molar-refractivity contribution in [3.8, 4) is 17.1 Å². The Hall–Kier alpha value is -2.87. The number of ether oxygens (including phenoxy) is 1. The van der Waals surface area contributed by atoms with Gasteiger partial charge in [-0.05, 0) is 25.6 Å². The molecule has 4 heterocycles. The minimum Gasteiger partial charge on any atom is -0.492 e. The van der Waals surface area contributed by atoms with E-state index in [9.17, 15) is 4.79 Å². The Balaban J connectivity index is 1.65. The summed E-state index contributed by atoms with van der Waals surface area (Å²) in [6.07, 6.45) is 2.63. The SMILES string of the molecule is CCCc1nn(C)c2c(=O)[nH]c(-c3cc(N4CCN(C)CC4)cc4c3OCC4)nc12. The molecule has 158 valence electrons. The van der Waals surface area contributed by atoms with Crippen molar-refractivity contribution in [1.29, 1.82) is 0 Å². The van der Waals surface area contributed by atoms with Gasteiger partial charge in [0.2, 0.25) is 0 Å². The molecule has 1 aromatic carbocycles. The molecule has 2 aliphatic rings. The Labute approximate surface area is 175 Å². The number of benzene rings is 1. The number of hydrogen-bond donors (Lipinski definition) is 1. The third kappa shape index (κ3) is 3.15. The maximum Gasteiger partial charge on any atom is 0.277 e. The Kier molecular flexibility index (Phi) is 4.73.